The Labute approximate surface area is 103 Å². The fraction of sp³-hybridized carbons (Fsp3) is 0. The molecule has 0 unspecified atom stereocenters. The number of carbonyl (C=O) groups is 1. The molecule has 1 aromatic heterocycles. The molecule has 0 bridgehead atoms. The number of benzene rings is 1. The molecular weight excluding hydrogens is 233 g/mol. The van der Waals surface area contributed by atoms with Crippen molar-refractivity contribution in [2.45, 2.75) is 0 Å². The molecular formula is C13H10FN3O. The van der Waals surface area contributed by atoms with Gasteiger partial charge in [0.05, 0.1) is 11.9 Å². The van der Waals surface area contributed by atoms with E-state index in [9.17, 15) is 9.18 Å². The number of hydrogen-bond donors (Lipinski definition) is 1. The van der Waals surface area contributed by atoms with Gasteiger partial charge in [0.15, 0.2) is 0 Å². The molecule has 1 heterocycles. The van der Waals surface area contributed by atoms with E-state index in [0.29, 0.717) is 11.3 Å². The molecule has 0 aliphatic rings. The lowest BCUT2D eigenvalue weighted by molar-refractivity contribution is 0.0955. The molecule has 0 aliphatic carbocycles. The number of carbonyl (C=O) groups excluding carboxylic acids is 1. The number of hydrogen-bond acceptors (Lipinski definition) is 3. The highest BCUT2D eigenvalue weighted by atomic mass is 19.1. The lowest BCUT2D eigenvalue weighted by Crippen LogP contribution is -2.17. The van der Waals surface area contributed by atoms with Crippen LogP contribution in [0.1, 0.15) is 16.1 Å². The topological polar surface area (TPSA) is 54.4 Å². The Kier molecular flexibility index (Phi) is 3.76. The van der Waals surface area contributed by atoms with E-state index in [4.69, 9.17) is 0 Å². The van der Waals surface area contributed by atoms with Crippen LogP contribution in [-0.4, -0.2) is 17.1 Å². The fourth-order valence-corrected chi connectivity index (χ4v) is 1.28. The van der Waals surface area contributed by atoms with E-state index in [0.717, 1.165) is 0 Å². The second kappa shape index (κ2) is 5.67. The highest BCUT2D eigenvalue weighted by molar-refractivity contribution is 5.94. The number of aromatic nitrogens is 1. The van der Waals surface area contributed by atoms with E-state index >= 15 is 0 Å². The maximum atomic E-state index is 12.7. The monoisotopic (exact) mass is 243 g/mol. The minimum Gasteiger partial charge on any atom is -0.267 e. The predicted octanol–water partition coefficient (Wildman–Crippen LogP) is 1.98. The van der Waals surface area contributed by atoms with Crippen LogP contribution >= 0.6 is 0 Å². The van der Waals surface area contributed by atoms with Gasteiger partial charge >= 0.3 is 0 Å². The van der Waals surface area contributed by atoms with Crippen LogP contribution in [0.3, 0.4) is 0 Å². The van der Waals surface area contributed by atoms with Crippen LogP contribution in [0.4, 0.5) is 4.39 Å². The van der Waals surface area contributed by atoms with Crippen molar-refractivity contribution in [1.29, 1.82) is 0 Å². The number of rotatable bonds is 3. The van der Waals surface area contributed by atoms with Gasteiger partial charge in [0.1, 0.15) is 5.82 Å². The van der Waals surface area contributed by atoms with Crippen LogP contribution in [0, 0.1) is 5.82 Å². The van der Waals surface area contributed by atoms with Crippen molar-refractivity contribution in [1.82, 2.24) is 10.4 Å². The summed E-state index contributed by atoms with van der Waals surface area (Å²) in [7, 11) is 0. The summed E-state index contributed by atoms with van der Waals surface area (Å²) in [4.78, 5) is 15.6. The molecule has 90 valence electrons. The average Bonchev–Trinajstić information content (AvgIpc) is 2.40. The lowest BCUT2D eigenvalue weighted by atomic mass is 10.2. The molecule has 0 fully saturated rings. The van der Waals surface area contributed by atoms with Crippen LogP contribution in [-0.2, 0) is 0 Å². The molecule has 0 saturated heterocycles. The largest absolute Gasteiger partial charge is 0.271 e. The average molecular weight is 243 g/mol. The molecule has 1 amide bonds. The number of nitrogens with zero attached hydrogens (tertiary/aromatic N) is 2. The molecule has 0 aliphatic heterocycles. The number of nitrogens with one attached hydrogen (secondary N) is 1. The van der Waals surface area contributed by atoms with E-state index in [2.05, 4.69) is 15.5 Å². The van der Waals surface area contributed by atoms with Gasteiger partial charge in [-0.05, 0) is 36.4 Å². The van der Waals surface area contributed by atoms with E-state index in [1.807, 2.05) is 6.07 Å². The third-order valence-corrected chi connectivity index (χ3v) is 2.16. The van der Waals surface area contributed by atoms with Crippen LogP contribution < -0.4 is 5.43 Å². The summed E-state index contributed by atoms with van der Waals surface area (Å²) in [6.07, 6.45) is 3.06. The zero-order chi connectivity index (χ0) is 12.8. The van der Waals surface area contributed by atoms with Crippen LogP contribution in [0.2, 0.25) is 0 Å². The summed E-state index contributed by atoms with van der Waals surface area (Å²) in [5, 5.41) is 3.76. The Morgan fingerprint density at radius 2 is 2.00 bits per heavy atom. The molecule has 0 spiro atoms. The molecule has 4 nitrogen and oxygen atoms in total. The van der Waals surface area contributed by atoms with Gasteiger partial charge in [0.25, 0.3) is 5.91 Å². The van der Waals surface area contributed by atoms with E-state index in [-0.39, 0.29) is 5.82 Å². The summed E-state index contributed by atoms with van der Waals surface area (Å²) in [6, 6.07) is 10.6. The van der Waals surface area contributed by atoms with Gasteiger partial charge in [-0.2, -0.15) is 5.10 Å². The predicted molar refractivity (Wildman–Crippen MR) is 65.7 cm³/mol. The molecule has 18 heavy (non-hydrogen) atoms. The summed E-state index contributed by atoms with van der Waals surface area (Å²) >= 11 is 0. The molecule has 1 N–H and O–H groups in total. The summed E-state index contributed by atoms with van der Waals surface area (Å²) in [5.74, 6) is -0.786. The smallest absolute Gasteiger partial charge is 0.267 e. The minimum atomic E-state index is -0.401. The molecule has 0 atom stereocenters. The lowest BCUT2D eigenvalue weighted by Gasteiger charge is -1.99. The highest BCUT2D eigenvalue weighted by Crippen LogP contribution is 2.02. The van der Waals surface area contributed by atoms with Crippen LogP contribution in [0.5, 0.6) is 0 Å². The van der Waals surface area contributed by atoms with Crippen molar-refractivity contribution in [3.8, 4) is 0 Å². The van der Waals surface area contributed by atoms with Crippen molar-refractivity contribution < 1.29 is 9.18 Å². The molecule has 1 aromatic carbocycles. The number of hydrazone groups is 1. The zero-order valence-corrected chi connectivity index (χ0v) is 9.38. The standard InChI is InChI=1S/C13H10FN3O/c14-11-6-4-10(5-7-11)13(18)17-16-9-12-3-1-2-8-15-12/h1-9H,(H,17,18)/b16-9+. The SMILES string of the molecule is O=C(N/N=C/c1ccccn1)c1ccc(F)cc1. The third-order valence-electron chi connectivity index (χ3n) is 2.16. The molecule has 0 radical (unpaired) electrons. The first-order valence-electron chi connectivity index (χ1n) is 5.26. The quantitative estimate of drug-likeness (QED) is 0.662. The van der Waals surface area contributed by atoms with E-state index < -0.39 is 5.91 Å². The Hall–Kier alpha value is -2.56. The summed E-state index contributed by atoms with van der Waals surface area (Å²) in [5.41, 5.74) is 3.31. The van der Waals surface area contributed by atoms with Gasteiger partial charge in [-0.1, -0.05) is 6.07 Å². The number of halogens is 1. The summed E-state index contributed by atoms with van der Waals surface area (Å²) < 4.78 is 12.7. The van der Waals surface area contributed by atoms with Gasteiger partial charge in [-0.25, -0.2) is 9.82 Å². The second-order valence-corrected chi connectivity index (χ2v) is 3.46. The van der Waals surface area contributed by atoms with Gasteiger partial charge in [-0.15, -0.1) is 0 Å². The normalized spacial score (nSPS) is 10.5. The number of amides is 1. The molecule has 2 rings (SSSR count). The maximum Gasteiger partial charge on any atom is 0.271 e. The van der Waals surface area contributed by atoms with Gasteiger partial charge in [-0.3, -0.25) is 9.78 Å². The molecule has 5 heteroatoms. The molecule has 2 aromatic rings. The van der Waals surface area contributed by atoms with Crippen molar-refractivity contribution >= 4 is 12.1 Å². The first-order chi connectivity index (χ1) is 8.75. The Bertz CT molecular complexity index is 552. The fourth-order valence-electron chi connectivity index (χ4n) is 1.28. The van der Waals surface area contributed by atoms with Crippen molar-refractivity contribution in [3.05, 3.63) is 65.7 Å². The number of pyridine rings is 1. The van der Waals surface area contributed by atoms with Crippen LogP contribution in [0.15, 0.2) is 53.8 Å². The van der Waals surface area contributed by atoms with Crippen molar-refractivity contribution in [3.63, 3.8) is 0 Å². The maximum absolute atomic E-state index is 12.7. The third kappa shape index (κ3) is 3.21. The molecule has 0 saturated carbocycles. The van der Waals surface area contributed by atoms with Crippen molar-refractivity contribution in [2.24, 2.45) is 5.10 Å². The van der Waals surface area contributed by atoms with Gasteiger partial charge < -0.3 is 0 Å². The Balaban J connectivity index is 1.96. The van der Waals surface area contributed by atoms with Crippen LogP contribution in [0.25, 0.3) is 0 Å². The summed E-state index contributed by atoms with van der Waals surface area (Å²) in [6.45, 7) is 0. The Morgan fingerprint density at radius 1 is 1.22 bits per heavy atom. The van der Waals surface area contributed by atoms with E-state index in [1.54, 1.807) is 18.3 Å². The highest BCUT2D eigenvalue weighted by Gasteiger charge is 2.03. The van der Waals surface area contributed by atoms with Gasteiger partial charge in [0.2, 0.25) is 0 Å². The minimum absolute atomic E-state index is 0.342. The zero-order valence-electron chi connectivity index (χ0n) is 9.38. The first kappa shape index (κ1) is 11.9. The Morgan fingerprint density at radius 3 is 2.67 bits per heavy atom. The van der Waals surface area contributed by atoms with Crippen molar-refractivity contribution in [2.75, 3.05) is 0 Å². The second-order valence-electron chi connectivity index (χ2n) is 3.46. The van der Waals surface area contributed by atoms with Gasteiger partial charge in [0, 0.05) is 11.8 Å². The first-order valence-corrected chi connectivity index (χ1v) is 5.26. The van der Waals surface area contributed by atoms with E-state index in [1.165, 1.54) is 30.5 Å².